The molecule has 4 N–H and O–H groups in total. The van der Waals surface area contributed by atoms with Crippen LogP contribution in [0.3, 0.4) is 0 Å². The van der Waals surface area contributed by atoms with Crippen molar-refractivity contribution in [2.75, 3.05) is 30.5 Å². The van der Waals surface area contributed by atoms with Gasteiger partial charge in [-0.3, -0.25) is 4.79 Å². The molecule has 2 heterocycles. The maximum absolute atomic E-state index is 13.0. The molecule has 1 aliphatic carbocycles. The zero-order valence-electron chi connectivity index (χ0n) is 21.4. The van der Waals surface area contributed by atoms with Crippen molar-refractivity contribution >= 4 is 40.2 Å². The van der Waals surface area contributed by atoms with Gasteiger partial charge in [-0.05, 0) is 60.4 Å². The van der Waals surface area contributed by atoms with Gasteiger partial charge in [0, 0.05) is 32.5 Å². The predicted octanol–water partition coefficient (Wildman–Crippen LogP) is 5.00. The van der Waals surface area contributed by atoms with E-state index in [0.29, 0.717) is 41.1 Å². The fraction of sp³-hybridized carbons (Fsp3) is 0.259. The lowest BCUT2D eigenvalue weighted by Gasteiger charge is -2.20. The summed E-state index contributed by atoms with van der Waals surface area (Å²) in [4.78, 5) is 31.8. The molecule has 0 aliphatic heterocycles. The molecule has 2 aromatic carbocycles. The average Bonchev–Trinajstić information content (AvgIpc) is 3.64. The minimum Gasteiger partial charge on any atom is -0.382 e. The number of rotatable bonds is 5. The van der Waals surface area contributed by atoms with Crippen molar-refractivity contribution in [3.63, 3.8) is 0 Å². The summed E-state index contributed by atoms with van der Waals surface area (Å²) in [6.45, 7) is 0. The molecule has 0 spiro atoms. The predicted molar refractivity (Wildman–Crippen MR) is 142 cm³/mol. The number of carbonyl (C=O) groups excluding carboxylic acids is 2. The van der Waals surface area contributed by atoms with Crippen LogP contribution < -0.4 is 16.4 Å². The van der Waals surface area contributed by atoms with Gasteiger partial charge in [0.05, 0.1) is 22.1 Å². The van der Waals surface area contributed by atoms with Crippen LogP contribution in [0.5, 0.6) is 0 Å². The third-order valence-electron chi connectivity index (χ3n) is 6.78. The lowest BCUT2D eigenvalue weighted by Crippen LogP contribution is -2.34. The van der Waals surface area contributed by atoms with Gasteiger partial charge in [-0.1, -0.05) is 18.2 Å². The van der Waals surface area contributed by atoms with Crippen LogP contribution in [-0.2, 0) is 23.4 Å². The molecule has 202 valence electrons. The Balaban J connectivity index is 1.42. The van der Waals surface area contributed by atoms with Gasteiger partial charge >= 0.3 is 12.2 Å². The fourth-order valence-electron chi connectivity index (χ4n) is 4.68. The number of nitrogen functional groups attached to an aromatic ring is 1. The van der Waals surface area contributed by atoms with E-state index in [4.69, 9.17) is 10.7 Å². The minimum atomic E-state index is -4.52. The van der Waals surface area contributed by atoms with Gasteiger partial charge < -0.3 is 21.3 Å². The van der Waals surface area contributed by atoms with Crippen molar-refractivity contribution in [3.8, 4) is 11.1 Å². The number of aryl methyl sites for hydroxylation is 1. The number of nitrogens with zero attached hydrogens (tertiary/aromatic N) is 4. The topological polar surface area (TPSA) is 118 Å². The Bertz CT molecular complexity index is 1590. The number of halogens is 3. The number of pyridine rings is 1. The average molecular weight is 538 g/mol. The van der Waals surface area contributed by atoms with Crippen molar-refractivity contribution in [1.82, 2.24) is 19.7 Å². The van der Waals surface area contributed by atoms with E-state index in [9.17, 15) is 22.8 Å². The van der Waals surface area contributed by atoms with E-state index in [2.05, 4.69) is 15.7 Å². The number of nitrogens with two attached hydrogens (primary N) is 1. The largest absolute Gasteiger partial charge is 0.416 e. The maximum Gasteiger partial charge on any atom is 0.416 e. The summed E-state index contributed by atoms with van der Waals surface area (Å²) >= 11 is 0. The molecule has 0 bridgehead atoms. The quantitative estimate of drug-likeness (QED) is 0.331. The van der Waals surface area contributed by atoms with Crippen LogP contribution in [0, 0.1) is 0 Å². The molecule has 1 saturated carbocycles. The highest BCUT2D eigenvalue weighted by molar-refractivity contribution is 6.03. The number of hydrogen-bond donors (Lipinski definition) is 3. The number of hydrogen-bond acceptors (Lipinski definition) is 5. The van der Waals surface area contributed by atoms with Crippen LogP contribution in [0.25, 0.3) is 22.2 Å². The molecule has 39 heavy (non-hydrogen) atoms. The summed E-state index contributed by atoms with van der Waals surface area (Å²) in [6.07, 6.45) is -3.13. The molecule has 5 rings (SSSR count). The molecular weight excluding hydrogens is 511 g/mol. The minimum absolute atomic E-state index is 0.0122. The lowest BCUT2D eigenvalue weighted by atomic mass is 9.94. The summed E-state index contributed by atoms with van der Waals surface area (Å²) in [5.41, 5.74) is 7.83. The van der Waals surface area contributed by atoms with Crippen molar-refractivity contribution in [2.24, 2.45) is 7.05 Å². The van der Waals surface area contributed by atoms with E-state index in [1.807, 2.05) is 6.07 Å². The molecule has 4 aromatic rings. The normalized spacial score (nSPS) is 14.2. The first kappa shape index (κ1) is 26.0. The van der Waals surface area contributed by atoms with E-state index < -0.39 is 23.2 Å². The molecule has 1 aliphatic rings. The second kappa shape index (κ2) is 9.29. The van der Waals surface area contributed by atoms with E-state index in [-0.39, 0.29) is 11.6 Å². The van der Waals surface area contributed by atoms with Crippen LogP contribution in [0.15, 0.2) is 54.6 Å². The Morgan fingerprint density at radius 3 is 2.31 bits per heavy atom. The van der Waals surface area contributed by atoms with Gasteiger partial charge in [0.15, 0.2) is 11.5 Å². The van der Waals surface area contributed by atoms with Gasteiger partial charge in [0.25, 0.3) is 0 Å². The van der Waals surface area contributed by atoms with E-state index in [0.717, 1.165) is 23.3 Å². The Hall–Kier alpha value is -4.61. The molecule has 9 nitrogen and oxygen atoms in total. The Labute approximate surface area is 221 Å². The second-order valence-corrected chi connectivity index (χ2v) is 9.78. The third-order valence-corrected chi connectivity index (χ3v) is 6.78. The molecule has 2 aromatic heterocycles. The molecule has 1 fully saturated rings. The smallest absolute Gasteiger partial charge is 0.382 e. The van der Waals surface area contributed by atoms with Crippen LogP contribution in [-0.4, -0.2) is 45.7 Å². The van der Waals surface area contributed by atoms with Crippen molar-refractivity contribution in [2.45, 2.75) is 24.4 Å². The van der Waals surface area contributed by atoms with Gasteiger partial charge in [0.1, 0.15) is 0 Å². The number of anilines is 3. The summed E-state index contributed by atoms with van der Waals surface area (Å²) in [6, 6.07) is 12.4. The van der Waals surface area contributed by atoms with E-state index >= 15 is 0 Å². The van der Waals surface area contributed by atoms with Crippen LogP contribution in [0.1, 0.15) is 24.1 Å². The molecule has 0 unspecified atom stereocenters. The number of likely N-dealkylation sites (N-methyl/N-ethyl adjacent to an activating group) is 1. The highest BCUT2D eigenvalue weighted by Crippen LogP contribution is 2.50. The molecule has 0 atom stereocenters. The van der Waals surface area contributed by atoms with Crippen molar-refractivity contribution < 1.29 is 22.8 Å². The summed E-state index contributed by atoms with van der Waals surface area (Å²) < 4.78 is 40.5. The summed E-state index contributed by atoms with van der Waals surface area (Å²) in [5.74, 6) is 0.287. The first-order valence-corrected chi connectivity index (χ1v) is 12.1. The van der Waals surface area contributed by atoms with Crippen LogP contribution in [0.2, 0.25) is 0 Å². The monoisotopic (exact) mass is 537 g/mol. The summed E-state index contributed by atoms with van der Waals surface area (Å²) in [5, 5.41) is 10.00. The van der Waals surface area contributed by atoms with Crippen molar-refractivity contribution in [1.29, 1.82) is 0 Å². The molecule has 0 saturated heterocycles. The number of carbonyl (C=O) groups is 2. The number of aromatic nitrogens is 3. The van der Waals surface area contributed by atoms with Gasteiger partial charge in [0.2, 0.25) is 5.91 Å². The van der Waals surface area contributed by atoms with E-state index in [1.165, 1.54) is 12.1 Å². The van der Waals surface area contributed by atoms with Crippen LogP contribution >= 0.6 is 0 Å². The van der Waals surface area contributed by atoms with Crippen molar-refractivity contribution in [3.05, 3.63) is 65.9 Å². The molecule has 3 amide bonds. The van der Waals surface area contributed by atoms with Crippen LogP contribution in [0.4, 0.5) is 35.2 Å². The number of amides is 3. The number of fused-ring (bicyclic) bond motifs is 1. The second-order valence-electron chi connectivity index (χ2n) is 9.78. The third kappa shape index (κ3) is 4.85. The molecule has 0 radical (unpaired) electrons. The first-order chi connectivity index (χ1) is 18.4. The fourth-order valence-corrected chi connectivity index (χ4v) is 4.68. The maximum atomic E-state index is 13.0. The highest BCUT2D eigenvalue weighted by Gasteiger charge is 2.53. The highest BCUT2D eigenvalue weighted by atomic mass is 19.4. The number of benzene rings is 2. The first-order valence-electron chi connectivity index (χ1n) is 12.1. The zero-order chi connectivity index (χ0) is 28.1. The number of urea groups is 1. The number of alkyl halides is 3. The molecular formula is C27H26F3N7O2. The summed E-state index contributed by atoms with van der Waals surface area (Å²) in [7, 11) is 5.18. The Kier molecular flexibility index (Phi) is 6.20. The standard InChI is InChI=1S/C27H26F3N7O2/c1-36(2)24(38)26(11-12-26)20-14-19(21-22(31)35-37(3)23(21)34-20)15-7-9-17(10-8-15)32-25(39)33-18-6-4-5-16(13-18)27(28,29)30/h4-10,13-14H,11-12H2,1-3H3,(H2,31,35)(H2,32,33,39). The number of nitrogens with one attached hydrogen (secondary N) is 2. The van der Waals surface area contributed by atoms with E-state index in [1.54, 1.807) is 55.0 Å². The van der Waals surface area contributed by atoms with Gasteiger partial charge in [-0.25, -0.2) is 14.5 Å². The zero-order valence-corrected chi connectivity index (χ0v) is 21.4. The van der Waals surface area contributed by atoms with Gasteiger partial charge in [-0.2, -0.15) is 18.3 Å². The SMILES string of the molecule is CN(C)C(=O)C1(c2cc(-c3ccc(NC(=O)Nc4cccc(C(F)(F)F)c4)cc3)c3c(N)nn(C)c3n2)CC1. The van der Waals surface area contributed by atoms with Gasteiger partial charge in [-0.15, -0.1) is 0 Å². The lowest BCUT2D eigenvalue weighted by molar-refractivity contribution is -0.137. The molecule has 12 heteroatoms. The Morgan fingerprint density at radius 2 is 1.69 bits per heavy atom. The Morgan fingerprint density at radius 1 is 1.03 bits per heavy atom.